The van der Waals surface area contributed by atoms with Gasteiger partial charge in [0.05, 0.1) is 16.7 Å². The van der Waals surface area contributed by atoms with Gasteiger partial charge in [-0.3, -0.25) is 0 Å². The normalized spacial score (nSPS) is 12.3. The fourth-order valence-electron chi connectivity index (χ4n) is 4.57. The van der Waals surface area contributed by atoms with Gasteiger partial charge in [0.15, 0.2) is 29.7 Å². The highest BCUT2D eigenvalue weighted by Crippen LogP contribution is 2.38. The molecule has 242 valence electrons. The highest BCUT2D eigenvalue weighted by atomic mass is 16.5. The number of hydrogen-bond donors (Lipinski definition) is 6. The fourth-order valence-corrected chi connectivity index (χ4v) is 4.57. The monoisotopic (exact) mass is 633 g/mol. The van der Waals surface area contributed by atoms with Crippen LogP contribution < -0.4 is 9.47 Å². The van der Waals surface area contributed by atoms with Crippen molar-refractivity contribution in [2.45, 2.75) is 64.6 Å². The van der Waals surface area contributed by atoms with Gasteiger partial charge in [-0.25, -0.2) is 24.5 Å². The third-order valence-electron chi connectivity index (χ3n) is 7.03. The van der Waals surface area contributed by atoms with Crippen LogP contribution in [0.4, 0.5) is 0 Å². The van der Waals surface area contributed by atoms with E-state index in [-0.39, 0.29) is 81.5 Å². The Labute approximate surface area is 264 Å². The predicted molar refractivity (Wildman–Crippen MR) is 166 cm³/mol. The van der Waals surface area contributed by atoms with Crippen molar-refractivity contribution in [1.29, 1.82) is 0 Å². The number of carboxylic acids is 2. The number of rotatable bonds is 15. The molecule has 4 rings (SSSR count). The van der Waals surface area contributed by atoms with E-state index >= 15 is 0 Å². The van der Waals surface area contributed by atoms with E-state index in [0.717, 1.165) is 18.9 Å². The molecule has 0 bridgehead atoms. The summed E-state index contributed by atoms with van der Waals surface area (Å²) in [5.41, 5.74) is 0.327. The minimum Gasteiger partial charge on any atom is -0.508 e. The number of ether oxygens (including phenoxy) is 2. The maximum Gasteiger partial charge on any atom is 0.344 e. The van der Waals surface area contributed by atoms with E-state index in [9.17, 15) is 40.2 Å². The highest BCUT2D eigenvalue weighted by molar-refractivity contribution is 5.76. The molecule has 0 aliphatic rings. The first kappa shape index (κ1) is 33.3. The molecule has 0 saturated heterocycles. The van der Waals surface area contributed by atoms with E-state index in [2.05, 4.69) is 15.0 Å². The van der Waals surface area contributed by atoms with Crippen LogP contribution in [0.1, 0.15) is 52.4 Å². The van der Waals surface area contributed by atoms with Crippen molar-refractivity contribution in [3.8, 4) is 68.7 Å². The Morgan fingerprint density at radius 3 is 1.30 bits per heavy atom. The number of benzene rings is 3. The number of phenols is 4. The highest BCUT2D eigenvalue weighted by Gasteiger charge is 2.23. The van der Waals surface area contributed by atoms with Gasteiger partial charge in [-0.15, -0.1) is 0 Å². The molecule has 13 heteroatoms. The SMILES string of the molecule is CCCCC(Oc1ccc(-c2nc(-c3ccc(O)cc3O)nc(-c3ccc(OC(CCCC)C(=O)O)cc3O)n2)c(O)c1)C(=O)O. The largest absolute Gasteiger partial charge is 0.508 e. The van der Waals surface area contributed by atoms with Gasteiger partial charge in [0.2, 0.25) is 0 Å². The van der Waals surface area contributed by atoms with Crippen molar-refractivity contribution in [2.24, 2.45) is 0 Å². The number of carbonyl (C=O) groups is 2. The minimum atomic E-state index is -1.13. The number of phenolic OH excluding ortho intramolecular Hbond substituents is 4. The molecule has 6 N–H and O–H groups in total. The first-order valence-electron chi connectivity index (χ1n) is 14.7. The van der Waals surface area contributed by atoms with E-state index in [0.29, 0.717) is 12.8 Å². The van der Waals surface area contributed by atoms with Crippen molar-refractivity contribution in [3.63, 3.8) is 0 Å². The van der Waals surface area contributed by atoms with Crippen LogP contribution in [0.25, 0.3) is 34.2 Å². The molecule has 1 aromatic heterocycles. The Balaban J connectivity index is 1.76. The second-order valence-electron chi connectivity index (χ2n) is 10.5. The quantitative estimate of drug-likeness (QED) is 0.0923. The maximum absolute atomic E-state index is 11.6. The molecule has 13 nitrogen and oxygen atoms in total. The molecular formula is C33H35N3O10. The standard InChI is InChI=1S/C33H35N3O10/c1-3-5-7-27(32(41)42)45-19-10-13-22(25(39)16-19)30-34-29(21-12-9-18(37)15-24(21)38)35-31(36-30)23-14-11-20(17-26(23)40)46-28(33(43)44)8-6-4-2/h9-17,27-28,37-40H,3-8H2,1-2H3,(H,41,42)(H,43,44). The summed E-state index contributed by atoms with van der Waals surface area (Å²) in [4.78, 5) is 36.6. The third kappa shape index (κ3) is 8.11. The van der Waals surface area contributed by atoms with Crippen molar-refractivity contribution in [2.75, 3.05) is 0 Å². The maximum atomic E-state index is 11.6. The molecule has 0 saturated carbocycles. The Bertz CT molecular complexity index is 1620. The van der Waals surface area contributed by atoms with Crippen LogP contribution in [0.5, 0.6) is 34.5 Å². The zero-order valence-electron chi connectivity index (χ0n) is 25.3. The van der Waals surface area contributed by atoms with Crippen LogP contribution in [-0.4, -0.2) is 69.7 Å². The fraction of sp³-hybridized carbons (Fsp3) is 0.303. The average Bonchev–Trinajstić information content (AvgIpc) is 3.00. The summed E-state index contributed by atoms with van der Waals surface area (Å²) in [7, 11) is 0. The predicted octanol–water partition coefficient (Wildman–Crippen LogP) is 5.74. The summed E-state index contributed by atoms with van der Waals surface area (Å²) in [6.45, 7) is 3.86. The lowest BCUT2D eigenvalue weighted by atomic mass is 10.1. The second-order valence-corrected chi connectivity index (χ2v) is 10.5. The number of carboxylic acid groups (broad SMARTS) is 2. The van der Waals surface area contributed by atoms with Gasteiger partial charge in [0, 0.05) is 18.2 Å². The molecule has 2 atom stereocenters. The topological polar surface area (TPSA) is 213 Å². The molecule has 0 radical (unpaired) electrons. The van der Waals surface area contributed by atoms with E-state index in [1.165, 1.54) is 48.5 Å². The molecule has 0 aliphatic carbocycles. The summed E-state index contributed by atoms with van der Waals surface area (Å²) >= 11 is 0. The van der Waals surface area contributed by atoms with Crippen molar-refractivity contribution >= 4 is 11.9 Å². The molecule has 3 aromatic carbocycles. The Morgan fingerprint density at radius 1 is 0.609 bits per heavy atom. The van der Waals surface area contributed by atoms with Gasteiger partial charge in [0.25, 0.3) is 0 Å². The zero-order valence-corrected chi connectivity index (χ0v) is 25.3. The molecule has 1 heterocycles. The average molecular weight is 634 g/mol. The first-order chi connectivity index (χ1) is 22.0. The van der Waals surface area contributed by atoms with Gasteiger partial charge in [0.1, 0.15) is 34.5 Å². The molecule has 0 fully saturated rings. The Hall–Kier alpha value is -5.59. The van der Waals surface area contributed by atoms with Gasteiger partial charge in [-0.1, -0.05) is 26.7 Å². The molecule has 46 heavy (non-hydrogen) atoms. The minimum absolute atomic E-state index is 0.0621. The van der Waals surface area contributed by atoms with Crippen molar-refractivity contribution < 1.29 is 49.7 Å². The number of hydrogen-bond acceptors (Lipinski definition) is 11. The number of nitrogens with zero attached hydrogens (tertiary/aromatic N) is 3. The summed E-state index contributed by atoms with van der Waals surface area (Å²) in [5.74, 6) is -3.45. The van der Waals surface area contributed by atoms with E-state index < -0.39 is 24.1 Å². The van der Waals surface area contributed by atoms with Gasteiger partial charge < -0.3 is 40.1 Å². The van der Waals surface area contributed by atoms with Crippen molar-refractivity contribution in [1.82, 2.24) is 15.0 Å². The van der Waals surface area contributed by atoms with Gasteiger partial charge in [-0.2, -0.15) is 0 Å². The van der Waals surface area contributed by atoms with Crippen LogP contribution in [0.3, 0.4) is 0 Å². The van der Waals surface area contributed by atoms with Gasteiger partial charge in [-0.05, 0) is 62.1 Å². The molecule has 0 aliphatic heterocycles. The Kier molecular flexibility index (Phi) is 10.8. The lowest BCUT2D eigenvalue weighted by Crippen LogP contribution is -2.26. The lowest BCUT2D eigenvalue weighted by Gasteiger charge is -2.16. The molecular weight excluding hydrogens is 598 g/mol. The second kappa shape index (κ2) is 14.9. The molecule has 4 aromatic rings. The number of aromatic hydroxyl groups is 4. The van der Waals surface area contributed by atoms with Gasteiger partial charge >= 0.3 is 11.9 Å². The number of aromatic nitrogens is 3. The summed E-state index contributed by atoms with van der Waals surface area (Å²) in [5, 5.41) is 61.2. The smallest absolute Gasteiger partial charge is 0.344 e. The molecule has 0 amide bonds. The summed E-state index contributed by atoms with van der Waals surface area (Å²) in [6.07, 6.45) is 1.20. The van der Waals surface area contributed by atoms with E-state index in [1.807, 2.05) is 13.8 Å². The van der Waals surface area contributed by atoms with Crippen LogP contribution in [-0.2, 0) is 9.59 Å². The summed E-state index contributed by atoms with van der Waals surface area (Å²) < 4.78 is 11.2. The van der Waals surface area contributed by atoms with E-state index in [1.54, 1.807) is 0 Å². The van der Waals surface area contributed by atoms with Crippen molar-refractivity contribution in [3.05, 3.63) is 54.6 Å². The Morgan fingerprint density at radius 2 is 0.978 bits per heavy atom. The zero-order chi connectivity index (χ0) is 33.4. The number of unbranched alkanes of at least 4 members (excludes halogenated alkanes) is 2. The molecule has 0 spiro atoms. The lowest BCUT2D eigenvalue weighted by molar-refractivity contribution is -0.146. The van der Waals surface area contributed by atoms with Crippen LogP contribution in [0.2, 0.25) is 0 Å². The third-order valence-corrected chi connectivity index (χ3v) is 7.03. The van der Waals surface area contributed by atoms with E-state index in [4.69, 9.17) is 9.47 Å². The first-order valence-corrected chi connectivity index (χ1v) is 14.7. The van der Waals surface area contributed by atoms with Crippen LogP contribution >= 0.6 is 0 Å². The van der Waals surface area contributed by atoms with Crippen LogP contribution in [0.15, 0.2) is 54.6 Å². The van der Waals surface area contributed by atoms with Crippen LogP contribution in [0, 0.1) is 0 Å². The summed E-state index contributed by atoms with van der Waals surface area (Å²) in [6, 6.07) is 12.0. The number of aliphatic carboxylic acids is 2. The molecule has 2 unspecified atom stereocenters.